The van der Waals surface area contributed by atoms with Crippen molar-refractivity contribution in [3.8, 4) is 5.75 Å². The third-order valence-corrected chi connectivity index (χ3v) is 4.70. The summed E-state index contributed by atoms with van der Waals surface area (Å²) in [7, 11) is 1.86. The van der Waals surface area contributed by atoms with Gasteiger partial charge in [-0.05, 0) is 17.9 Å². The van der Waals surface area contributed by atoms with Gasteiger partial charge in [-0.25, -0.2) is 0 Å². The van der Waals surface area contributed by atoms with Crippen LogP contribution in [0.15, 0.2) is 47.6 Å². The number of aromatic nitrogens is 3. The first-order chi connectivity index (χ1) is 11.3. The Morgan fingerprint density at radius 3 is 2.78 bits per heavy atom. The number of rotatable bonds is 7. The van der Waals surface area contributed by atoms with Crippen LogP contribution < -0.4 is 4.74 Å². The zero-order valence-corrected chi connectivity index (χ0v) is 13.8. The van der Waals surface area contributed by atoms with Gasteiger partial charge in [0.1, 0.15) is 12.4 Å². The smallest absolute Gasteiger partial charge is 0.191 e. The Morgan fingerprint density at radius 2 is 1.96 bits per heavy atom. The van der Waals surface area contributed by atoms with Gasteiger partial charge >= 0.3 is 0 Å². The summed E-state index contributed by atoms with van der Waals surface area (Å²) in [6, 6.07) is 14.3. The van der Waals surface area contributed by atoms with Crippen LogP contribution in [0.5, 0.6) is 5.75 Å². The zero-order chi connectivity index (χ0) is 16.1. The zero-order valence-electron chi connectivity index (χ0n) is 13.0. The standard InChI is InChI=1S/C17H19N3O2S/c1-20-16(12-21)18-19-17(20)23-11-5-10-22-15-9-4-7-13-6-2-3-8-14(13)15/h2-4,6-9,21H,5,10-12H2,1H3. The molecule has 3 aromatic rings. The minimum Gasteiger partial charge on any atom is -0.493 e. The molecule has 0 radical (unpaired) electrons. The van der Waals surface area contributed by atoms with Crippen molar-refractivity contribution >= 4 is 22.5 Å². The van der Waals surface area contributed by atoms with Crippen molar-refractivity contribution in [1.29, 1.82) is 0 Å². The fourth-order valence-corrected chi connectivity index (χ4v) is 3.18. The molecule has 0 bridgehead atoms. The molecule has 0 aliphatic heterocycles. The normalized spacial score (nSPS) is 11.0. The molecule has 3 rings (SSSR count). The second-order valence-electron chi connectivity index (χ2n) is 5.14. The molecule has 1 heterocycles. The Labute approximate surface area is 139 Å². The molecule has 2 aromatic carbocycles. The van der Waals surface area contributed by atoms with Crippen LogP contribution in [0.1, 0.15) is 12.2 Å². The fraction of sp³-hybridized carbons (Fsp3) is 0.294. The van der Waals surface area contributed by atoms with Crippen molar-refractivity contribution in [1.82, 2.24) is 14.8 Å². The third-order valence-electron chi connectivity index (χ3n) is 3.59. The number of hydrogen-bond donors (Lipinski definition) is 1. The number of benzene rings is 2. The second kappa shape index (κ2) is 7.48. The van der Waals surface area contributed by atoms with E-state index in [1.807, 2.05) is 35.9 Å². The predicted molar refractivity (Wildman–Crippen MR) is 91.7 cm³/mol. The summed E-state index contributed by atoms with van der Waals surface area (Å²) in [6.07, 6.45) is 0.912. The van der Waals surface area contributed by atoms with Gasteiger partial charge in [0, 0.05) is 18.2 Å². The fourth-order valence-electron chi connectivity index (χ4n) is 2.33. The Balaban J connectivity index is 1.50. The number of fused-ring (bicyclic) bond motifs is 1. The Kier molecular flexibility index (Phi) is 5.15. The monoisotopic (exact) mass is 329 g/mol. The van der Waals surface area contributed by atoms with Crippen LogP contribution in [0.2, 0.25) is 0 Å². The van der Waals surface area contributed by atoms with E-state index in [0.29, 0.717) is 12.4 Å². The van der Waals surface area contributed by atoms with Crippen molar-refractivity contribution in [2.75, 3.05) is 12.4 Å². The molecule has 0 amide bonds. The molecule has 120 valence electrons. The molecular weight excluding hydrogens is 310 g/mol. The molecule has 0 saturated carbocycles. The Bertz CT molecular complexity index is 783. The lowest BCUT2D eigenvalue weighted by molar-refractivity contribution is 0.266. The maximum absolute atomic E-state index is 9.10. The summed E-state index contributed by atoms with van der Waals surface area (Å²) in [5.74, 6) is 2.40. The average Bonchev–Trinajstić information content (AvgIpc) is 2.95. The van der Waals surface area contributed by atoms with Gasteiger partial charge in [0.05, 0.1) is 6.61 Å². The van der Waals surface area contributed by atoms with E-state index >= 15 is 0 Å². The molecule has 0 aliphatic carbocycles. The Hall–Kier alpha value is -2.05. The van der Waals surface area contributed by atoms with E-state index in [-0.39, 0.29) is 6.61 Å². The molecule has 23 heavy (non-hydrogen) atoms. The van der Waals surface area contributed by atoms with Gasteiger partial charge in [0.25, 0.3) is 0 Å². The lowest BCUT2D eigenvalue weighted by Gasteiger charge is -2.09. The molecule has 0 spiro atoms. The van der Waals surface area contributed by atoms with Gasteiger partial charge in [-0.2, -0.15) is 0 Å². The van der Waals surface area contributed by atoms with Gasteiger partial charge in [0.2, 0.25) is 0 Å². The highest BCUT2D eigenvalue weighted by molar-refractivity contribution is 7.99. The number of thioether (sulfide) groups is 1. The van der Waals surface area contributed by atoms with E-state index in [4.69, 9.17) is 9.84 Å². The average molecular weight is 329 g/mol. The summed E-state index contributed by atoms with van der Waals surface area (Å²) in [6.45, 7) is 0.569. The second-order valence-corrected chi connectivity index (χ2v) is 6.21. The van der Waals surface area contributed by atoms with Gasteiger partial charge in [-0.3, -0.25) is 0 Å². The van der Waals surface area contributed by atoms with Crippen molar-refractivity contribution in [3.63, 3.8) is 0 Å². The highest BCUT2D eigenvalue weighted by Crippen LogP contribution is 2.25. The van der Waals surface area contributed by atoms with Crippen molar-refractivity contribution in [2.24, 2.45) is 7.05 Å². The van der Waals surface area contributed by atoms with Crippen LogP contribution >= 0.6 is 11.8 Å². The van der Waals surface area contributed by atoms with Crippen molar-refractivity contribution in [2.45, 2.75) is 18.2 Å². The van der Waals surface area contributed by atoms with E-state index in [1.165, 1.54) is 5.39 Å². The minimum absolute atomic E-state index is 0.0890. The van der Waals surface area contributed by atoms with Crippen LogP contribution in [-0.2, 0) is 13.7 Å². The molecule has 0 atom stereocenters. The van der Waals surface area contributed by atoms with Gasteiger partial charge in [0.15, 0.2) is 11.0 Å². The predicted octanol–water partition coefficient (Wildman–Crippen LogP) is 3.02. The molecule has 1 N–H and O–H groups in total. The molecule has 0 fully saturated rings. The van der Waals surface area contributed by atoms with Crippen molar-refractivity contribution < 1.29 is 9.84 Å². The molecule has 1 aromatic heterocycles. The SMILES string of the molecule is Cn1c(CO)nnc1SCCCOc1cccc2ccccc12. The first kappa shape index (κ1) is 15.8. The molecule has 0 saturated heterocycles. The quantitative estimate of drug-likeness (QED) is 0.533. The van der Waals surface area contributed by atoms with Gasteiger partial charge in [-0.15, -0.1) is 10.2 Å². The molecular formula is C17H19N3O2S. The lowest BCUT2D eigenvalue weighted by atomic mass is 10.1. The van der Waals surface area contributed by atoms with Crippen LogP contribution in [0.3, 0.4) is 0 Å². The molecule has 0 unspecified atom stereocenters. The van der Waals surface area contributed by atoms with Gasteiger partial charge in [-0.1, -0.05) is 48.2 Å². The van der Waals surface area contributed by atoms with Crippen LogP contribution in [-0.4, -0.2) is 32.2 Å². The van der Waals surface area contributed by atoms with E-state index in [2.05, 4.69) is 28.4 Å². The summed E-state index contributed by atoms with van der Waals surface area (Å²) < 4.78 is 7.73. The summed E-state index contributed by atoms with van der Waals surface area (Å²) in [5.41, 5.74) is 0. The van der Waals surface area contributed by atoms with Gasteiger partial charge < -0.3 is 14.4 Å². The molecule has 0 aliphatic rings. The minimum atomic E-state index is -0.0890. The molecule has 6 heteroatoms. The summed E-state index contributed by atoms with van der Waals surface area (Å²) in [5, 5.41) is 20.2. The van der Waals surface area contributed by atoms with Crippen molar-refractivity contribution in [3.05, 3.63) is 48.3 Å². The maximum atomic E-state index is 9.10. The number of hydrogen-bond acceptors (Lipinski definition) is 5. The summed E-state index contributed by atoms with van der Waals surface area (Å²) in [4.78, 5) is 0. The van der Waals surface area contributed by atoms with E-state index in [0.717, 1.165) is 28.5 Å². The van der Waals surface area contributed by atoms with E-state index in [1.54, 1.807) is 11.8 Å². The highest BCUT2D eigenvalue weighted by atomic mass is 32.2. The van der Waals surface area contributed by atoms with Crippen LogP contribution in [0.25, 0.3) is 10.8 Å². The number of aliphatic hydroxyl groups is 1. The summed E-state index contributed by atoms with van der Waals surface area (Å²) >= 11 is 1.62. The Morgan fingerprint density at radius 1 is 1.13 bits per heavy atom. The van der Waals surface area contributed by atoms with Crippen LogP contribution in [0.4, 0.5) is 0 Å². The topological polar surface area (TPSA) is 60.2 Å². The molecule has 5 nitrogen and oxygen atoms in total. The number of aliphatic hydroxyl groups excluding tert-OH is 1. The lowest BCUT2D eigenvalue weighted by Crippen LogP contribution is -2.01. The van der Waals surface area contributed by atoms with E-state index in [9.17, 15) is 0 Å². The third kappa shape index (κ3) is 3.65. The first-order valence-corrected chi connectivity index (χ1v) is 8.50. The number of nitrogens with zero attached hydrogens (tertiary/aromatic N) is 3. The largest absolute Gasteiger partial charge is 0.493 e. The van der Waals surface area contributed by atoms with Crippen LogP contribution in [0, 0.1) is 0 Å². The van der Waals surface area contributed by atoms with E-state index < -0.39 is 0 Å². The maximum Gasteiger partial charge on any atom is 0.191 e. The highest BCUT2D eigenvalue weighted by Gasteiger charge is 2.07. The first-order valence-electron chi connectivity index (χ1n) is 7.52. The number of ether oxygens (including phenoxy) is 1.